The lowest BCUT2D eigenvalue weighted by Crippen LogP contribution is -2.34. The van der Waals surface area contributed by atoms with Crippen LogP contribution < -0.4 is 0 Å². The fourth-order valence-corrected chi connectivity index (χ4v) is 4.24. The van der Waals surface area contributed by atoms with Crippen molar-refractivity contribution >= 4 is 12.0 Å². The van der Waals surface area contributed by atoms with Gasteiger partial charge in [0, 0.05) is 19.3 Å². The Morgan fingerprint density at radius 2 is 1.96 bits per heavy atom. The van der Waals surface area contributed by atoms with Crippen molar-refractivity contribution in [1.82, 2.24) is 14.7 Å². The van der Waals surface area contributed by atoms with Crippen LogP contribution in [0.15, 0.2) is 36.5 Å². The van der Waals surface area contributed by atoms with Crippen LogP contribution in [0.5, 0.6) is 0 Å². The van der Waals surface area contributed by atoms with Crippen LogP contribution in [-0.2, 0) is 11.3 Å². The maximum absolute atomic E-state index is 12.5. The second-order valence-corrected chi connectivity index (χ2v) is 7.55. The lowest BCUT2D eigenvalue weighted by molar-refractivity contribution is 0.0383. The Morgan fingerprint density at radius 3 is 2.59 bits per heavy atom. The molecule has 1 N–H and O–H groups in total. The normalized spacial score (nSPS) is 24.2. The molecule has 1 aromatic carbocycles. The molecule has 0 spiro atoms. The molecule has 1 aromatic heterocycles. The van der Waals surface area contributed by atoms with Crippen molar-refractivity contribution in [3.05, 3.63) is 53.3 Å². The minimum Gasteiger partial charge on any atom is -0.476 e. The molecule has 7 heteroatoms. The highest BCUT2D eigenvalue weighted by molar-refractivity contribution is 5.86. The van der Waals surface area contributed by atoms with Crippen molar-refractivity contribution in [2.24, 2.45) is 11.8 Å². The lowest BCUT2D eigenvalue weighted by Gasteiger charge is -2.19. The smallest absolute Gasteiger partial charge is 0.356 e. The first-order valence-corrected chi connectivity index (χ1v) is 9.25. The predicted octanol–water partition coefficient (Wildman–Crippen LogP) is 2.79. The topological polar surface area (TPSA) is 84.7 Å². The molecular formula is C20H23N3O4. The van der Waals surface area contributed by atoms with Crippen molar-refractivity contribution in [2.75, 3.05) is 13.1 Å². The Morgan fingerprint density at radius 1 is 1.22 bits per heavy atom. The highest BCUT2D eigenvalue weighted by Crippen LogP contribution is 2.39. The number of aromatic nitrogens is 2. The monoisotopic (exact) mass is 369 g/mol. The third-order valence-electron chi connectivity index (χ3n) is 5.55. The van der Waals surface area contributed by atoms with Crippen LogP contribution >= 0.6 is 0 Å². The fourth-order valence-electron chi connectivity index (χ4n) is 4.24. The Hall–Kier alpha value is -2.67. The van der Waals surface area contributed by atoms with Gasteiger partial charge in [0.25, 0.3) is 0 Å². The van der Waals surface area contributed by atoms with E-state index in [1.807, 2.05) is 6.07 Å². The molecular weight excluding hydrogens is 346 g/mol. The van der Waals surface area contributed by atoms with Gasteiger partial charge < -0.3 is 14.7 Å². The first-order valence-electron chi connectivity index (χ1n) is 9.25. The Balaban J connectivity index is 1.30. The van der Waals surface area contributed by atoms with Crippen LogP contribution in [0.2, 0.25) is 0 Å². The molecule has 1 amide bonds. The molecule has 27 heavy (non-hydrogen) atoms. The first-order chi connectivity index (χ1) is 13.0. The minimum atomic E-state index is -1.13. The van der Waals surface area contributed by atoms with E-state index in [-0.39, 0.29) is 17.8 Å². The van der Waals surface area contributed by atoms with E-state index < -0.39 is 5.97 Å². The van der Waals surface area contributed by atoms with Crippen molar-refractivity contribution in [2.45, 2.75) is 32.5 Å². The highest BCUT2D eigenvalue weighted by atomic mass is 16.5. The molecule has 1 saturated heterocycles. The van der Waals surface area contributed by atoms with Gasteiger partial charge in [-0.25, -0.2) is 9.59 Å². The summed E-state index contributed by atoms with van der Waals surface area (Å²) in [6, 6.07) is 9.44. The number of carboxylic acid groups (broad SMARTS) is 1. The zero-order chi connectivity index (χ0) is 19.0. The van der Waals surface area contributed by atoms with Gasteiger partial charge in [0.1, 0.15) is 0 Å². The molecule has 0 bridgehead atoms. The van der Waals surface area contributed by atoms with Crippen LogP contribution in [0.3, 0.4) is 0 Å². The number of nitrogens with zero attached hydrogens (tertiary/aromatic N) is 3. The van der Waals surface area contributed by atoms with Crippen LogP contribution in [0.4, 0.5) is 4.79 Å². The Kier molecular flexibility index (Phi) is 4.70. The van der Waals surface area contributed by atoms with Gasteiger partial charge in [-0.1, -0.05) is 29.8 Å². The minimum absolute atomic E-state index is 0.118. The summed E-state index contributed by atoms with van der Waals surface area (Å²) >= 11 is 0. The number of carbonyl (C=O) groups excluding carboxylic acids is 1. The third-order valence-corrected chi connectivity index (χ3v) is 5.55. The molecule has 2 aromatic rings. The summed E-state index contributed by atoms with van der Waals surface area (Å²) in [6.07, 6.45) is 3.56. The number of hydrogen-bond donors (Lipinski definition) is 1. The molecule has 4 rings (SSSR count). The van der Waals surface area contributed by atoms with Gasteiger partial charge in [-0.15, -0.1) is 0 Å². The predicted molar refractivity (Wildman–Crippen MR) is 97.5 cm³/mol. The van der Waals surface area contributed by atoms with E-state index in [2.05, 4.69) is 30.2 Å². The number of rotatable bonds is 4. The molecule has 142 valence electrons. The fraction of sp³-hybridized carbons (Fsp3) is 0.450. The van der Waals surface area contributed by atoms with E-state index in [1.54, 1.807) is 4.90 Å². The maximum Gasteiger partial charge on any atom is 0.356 e. The summed E-state index contributed by atoms with van der Waals surface area (Å²) in [5, 5.41) is 12.8. The number of amides is 1. The van der Waals surface area contributed by atoms with Crippen LogP contribution in [0.25, 0.3) is 0 Å². The van der Waals surface area contributed by atoms with Crippen LogP contribution in [-0.4, -0.2) is 51.0 Å². The molecule has 7 nitrogen and oxygen atoms in total. The number of benzene rings is 1. The van der Waals surface area contributed by atoms with Gasteiger partial charge >= 0.3 is 12.0 Å². The van der Waals surface area contributed by atoms with E-state index in [0.29, 0.717) is 31.5 Å². The van der Waals surface area contributed by atoms with Crippen molar-refractivity contribution in [3.8, 4) is 0 Å². The average Bonchev–Trinajstić information content (AvgIpc) is 3.34. The Bertz CT molecular complexity index is 848. The summed E-state index contributed by atoms with van der Waals surface area (Å²) in [4.78, 5) is 25.2. The van der Waals surface area contributed by atoms with Crippen molar-refractivity contribution < 1.29 is 19.4 Å². The number of carboxylic acids is 1. The van der Waals surface area contributed by atoms with Gasteiger partial charge in [0.2, 0.25) is 0 Å². The standard InChI is InChI=1S/C20H23N3O4/c1-13-3-2-4-14(7-13)12-27-17-8-15-10-22(11-16(15)9-17)20(26)23-6-5-18(21-23)19(24)25/h2-7,15-17H,8-12H2,1H3,(H,24,25)/t15-,16+,17+. The summed E-state index contributed by atoms with van der Waals surface area (Å²) < 4.78 is 7.23. The lowest BCUT2D eigenvalue weighted by atomic mass is 10.0. The number of fused-ring (bicyclic) bond motifs is 1. The zero-order valence-corrected chi connectivity index (χ0v) is 15.2. The largest absolute Gasteiger partial charge is 0.476 e. The molecule has 1 aliphatic carbocycles. The van der Waals surface area contributed by atoms with Gasteiger partial charge in [-0.2, -0.15) is 9.78 Å². The average molecular weight is 369 g/mol. The number of likely N-dealkylation sites (tertiary alicyclic amines) is 1. The van der Waals surface area contributed by atoms with Gasteiger partial charge in [0.05, 0.1) is 12.7 Å². The van der Waals surface area contributed by atoms with Crippen LogP contribution in [0.1, 0.15) is 34.5 Å². The summed E-state index contributed by atoms with van der Waals surface area (Å²) in [7, 11) is 0. The van der Waals surface area contributed by atoms with E-state index in [4.69, 9.17) is 9.84 Å². The number of aromatic carboxylic acids is 1. The van der Waals surface area contributed by atoms with E-state index in [9.17, 15) is 9.59 Å². The molecule has 0 radical (unpaired) electrons. The van der Waals surface area contributed by atoms with E-state index in [1.165, 1.54) is 23.4 Å². The van der Waals surface area contributed by atoms with Crippen LogP contribution in [0, 0.1) is 18.8 Å². The second-order valence-electron chi connectivity index (χ2n) is 7.55. The molecule has 0 unspecified atom stereocenters. The van der Waals surface area contributed by atoms with Gasteiger partial charge in [-0.3, -0.25) is 0 Å². The number of carbonyl (C=O) groups is 2. The molecule has 1 aliphatic heterocycles. The van der Waals surface area contributed by atoms with Gasteiger partial charge in [0.15, 0.2) is 5.69 Å². The molecule has 1 saturated carbocycles. The molecule has 2 heterocycles. The van der Waals surface area contributed by atoms with E-state index in [0.717, 1.165) is 17.5 Å². The SMILES string of the molecule is Cc1cccc(CO[C@H]2C[C@@H]3CN(C(=O)n4ccc(C(=O)O)n4)C[C@@H]3C2)c1. The first kappa shape index (κ1) is 17.7. The summed E-state index contributed by atoms with van der Waals surface area (Å²) in [5.74, 6) is -0.259. The summed E-state index contributed by atoms with van der Waals surface area (Å²) in [5.41, 5.74) is 2.31. The number of aryl methyl sites for hydroxylation is 1. The number of hydrogen-bond acceptors (Lipinski definition) is 4. The number of ether oxygens (including phenoxy) is 1. The third kappa shape index (κ3) is 3.73. The molecule has 2 fully saturated rings. The highest BCUT2D eigenvalue weighted by Gasteiger charge is 2.43. The maximum atomic E-state index is 12.5. The Labute approximate surface area is 157 Å². The summed E-state index contributed by atoms with van der Waals surface area (Å²) in [6.45, 7) is 4.06. The second kappa shape index (κ2) is 7.15. The van der Waals surface area contributed by atoms with Crippen molar-refractivity contribution in [1.29, 1.82) is 0 Å². The zero-order valence-electron chi connectivity index (χ0n) is 15.2. The van der Waals surface area contributed by atoms with Gasteiger partial charge in [-0.05, 0) is 43.2 Å². The molecule has 2 aliphatic rings. The van der Waals surface area contributed by atoms with Crippen molar-refractivity contribution in [3.63, 3.8) is 0 Å². The molecule has 3 atom stereocenters. The van der Waals surface area contributed by atoms with E-state index >= 15 is 0 Å². The quantitative estimate of drug-likeness (QED) is 0.896.